The highest BCUT2D eigenvalue weighted by atomic mass is 32.2. The summed E-state index contributed by atoms with van der Waals surface area (Å²) < 4.78 is 26.5. The van der Waals surface area contributed by atoms with Gasteiger partial charge in [-0.2, -0.15) is 9.57 Å². The molecule has 0 aliphatic carbocycles. The third-order valence-corrected chi connectivity index (χ3v) is 5.67. The van der Waals surface area contributed by atoms with Crippen molar-refractivity contribution in [2.24, 2.45) is 5.92 Å². The third-order valence-electron chi connectivity index (χ3n) is 3.73. The number of nitriles is 1. The molecule has 2 rings (SSSR count). The summed E-state index contributed by atoms with van der Waals surface area (Å²) in [5, 5.41) is 18.4. The van der Waals surface area contributed by atoms with Gasteiger partial charge in [-0.15, -0.1) is 0 Å². The third kappa shape index (κ3) is 2.77. The van der Waals surface area contributed by atoms with E-state index >= 15 is 0 Å². The molecule has 1 aromatic carbocycles. The fourth-order valence-electron chi connectivity index (χ4n) is 2.70. The summed E-state index contributed by atoms with van der Waals surface area (Å²) in [5.41, 5.74) is 0.0277. The molecule has 0 aromatic heterocycles. The molecule has 1 aliphatic rings. The van der Waals surface area contributed by atoms with Crippen LogP contribution in [0, 0.1) is 17.2 Å². The molecule has 0 radical (unpaired) electrons. The first kappa shape index (κ1) is 15.5. The van der Waals surface area contributed by atoms with Crippen molar-refractivity contribution in [3.8, 4) is 6.07 Å². The van der Waals surface area contributed by atoms with Gasteiger partial charge in [-0.1, -0.05) is 19.1 Å². The first-order valence-electron chi connectivity index (χ1n) is 6.63. The van der Waals surface area contributed by atoms with Gasteiger partial charge in [0.1, 0.15) is 12.1 Å². The van der Waals surface area contributed by atoms with Crippen LogP contribution in [0.25, 0.3) is 0 Å². The molecule has 1 aliphatic heterocycles. The molecule has 1 aromatic rings. The number of hydrogen-bond acceptors (Lipinski definition) is 4. The molecule has 2 unspecified atom stereocenters. The van der Waals surface area contributed by atoms with Crippen molar-refractivity contribution in [3.05, 3.63) is 29.8 Å². The Kier molecular flexibility index (Phi) is 4.30. The second-order valence-electron chi connectivity index (χ2n) is 5.13. The Bertz CT molecular complexity index is 693. The highest BCUT2D eigenvalue weighted by Gasteiger charge is 2.42. The van der Waals surface area contributed by atoms with Crippen LogP contribution in [0.2, 0.25) is 0 Å². The molecular weight excluding hydrogens is 292 g/mol. The molecule has 0 spiro atoms. The number of carbonyl (C=O) groups is 1. The fourth-order valence-corrected chi connectivity index (χ4v) is 4.56. The minimum absolute atomic E-state index is 0.0277. The Labute approximate surface area is 123 Å². The second kappa shape index (κ2) is 5.84. The summed E-state index contributed by atoms with van der Waals surface area (Å²) in [7, 11) is -4.00. The zero-order valence-corrected chi connectivity index (χ0v) is 12.4. The lowest BCUT2D eigenvalue weighted by Gasteiger charge is -2.36. The molecule has 0 amide bonds. The van der Waals surface area contributed by atoms with E-state index in [1.807, 2.05) is 6.07 Å². The van der Waals surface area contributed by atoms with Crippen LogP contribution >= 0.6 is 0 Å². The van der Waals surface area contributed by atoms with Crippen molar-refractivity contribution in [1.29, 1.82) is 5.26 Å². The number of benzene rings is 1. The van der Waals surface area contributed by atoms with Gasteiger partial charge in [-0.25, -0.2) is 8.42 Å². The molecule has 0 bridgehead atoms. The molecule has 7 heteroatoms. The van der Waals surface area contributed by atoms with Crippen molar-refractivity contribution in [3.63, 3.8) is 0 Å². The van der Waals surface area contributed by atoms with E-state index in [1.165, 1.54) is 18.2 Å². The first-order chi connectivity index (χ1) is 9.89. The van der Waals surface area contributed by atoms with E-state index in [2.05, 4.69) is 0 Å². The van der Waals surface area contributed by atoms with Crippen LogP contribution in [-0.2, 0) is 14.8 Å². The number of hydrogen-bond donors (Lipinski definition) is 1. The van der Waals surface area contributed by atoms with Crippen molar-refractivity contribution >= 4 is 16.0 Å². The second-order valence-corrected chi connectivity index (χ2v) is 6.99. The number of rotatable bonds is 3. The number of carboxylic acid groups (broad SMARTS) is 1. The Morgan fingerprint density at radius 2 is 2.10 bits per heavy atom. The summed E-state index contributed by atoms with van der Waals surface area (Å²) in [5.74, 6) is -1.42. The lowest BCUT2D eigenvalue weighted by molar-refractivity contribution is -0.144. The van der Waals surface area contributed by atoms with Gasteiger partial charge in [0.2, 0.25) is 10.0 Å². The molecule has 1 fully saturated rings. The summed E-state index contributed by atoms with van der Waals surface area (Å²) in [4.78, 5) is 11.3. The Morgan fingerprint density at radius 3 is 2.71 bits per heavy atom. The van der Waals surface area contributed by atoms with Crippen LogP contribution in [0.3, 0.4) is 0 Å². The average Bonchev–Trinajstić information content (AvgIpc) is 2.46. The summed E-state index contributed by atoms with van der Waals surface area (Å²) in [6.45, 7) is 1.89. The lowest BCUT2D eigenvalue weighted by atomic mass is 9.93. The van der Waals surface area contributed by atoms with Crippen LogP contribution in [0.4, 0.5) is 0 Å². The van der Waals surface area contributed by atoms with Gasteiger partial charge >= 0.3 is 5.97 Å². The molecule has 21 heavy (non-hydrogen) atoms. The van der Waals surface area contributed by atoms with E-state index in [-0.39, 0.29) is 22.9 Å². The molecule has 0 saturated carbocycles. The van der Waals surface area contributed by atoms with E-state index in [9.17, 15) is 18.3 Å². The van der Waals surface area contributed by atoms with Crippen molar-refractivity contribution < 1.29 is 18.3 Å². The van der Waals surface area contributed by atoms with Gasteiger partial charge in [0, 0.05) is 6.54 Å². The normalized spacial score (nSPS) is 23.4. The van der Waals surface area contributed by atoms with Crippen LogP contribution in [0.1, 0.15) is 25.3 Å². The van der Waals surface area contributed by atoms with E-state index in [0.717, 1.165) is 4.31 Å². The molecule has 1 saturated heterocycles. The van der Waals surface area contributed by atoms with Crippen molar-refractivity contribution in [2.75, 3.05) is 6.54 Å². The molecule has 112 valence electrons. The summed E-state index contributed by atoms with van der Waals surface area (Å²) in [6.07, 6.45) is 1.28. The van der Waals surface area contributed by atoms with Gasteiger partial charge in [0.05, 0.1) is 10.5 Å². The lowest BCUT2D eigenvalue weighted by Crippen LogP contribution is -2.51. The van der Waals surface area contributed by atoms with Crippen LogP contribution in [0.15, 0.2) is 29.2 Å². The monoisotopic (exact) mass is 308 g/mol. The van der Waals surface area contributed by atoms with Crippen molar-refractivity contribution in [1.82, 2.24) is 4.31 Å². The van der Waals surface area contributed by atoms with Gasteiger partial charge in [-0.05, 0) is 30.9 Å². The topological polar surface area (TPSA) is 98.5 Å². The van der Waals surface area contributed by atoms with Crippen LogP contribution in [-0.4, -0.2) is 36.4 Å². The fraction of sp³-hybridized carbons (Fsp3) is 0.429. The van der Waals surface area contributed by atoms with E-state index in [4.69, 9.17) is 5.26 Å². The van der Waals surface area contributed by atoms with Gasteiger partial charge in [0.15, 0.2) is 0 Å². The van der Waals surface area contributed by atoms with E-state index in [0.29, 0.717) is 12.8 Å². The number of carboxylic acids is 1. The molecule has 1 N–H and O–H groups in total. The summed E-state index contributed by atoms with van der Waals surface area (Å²) in [6, 6.07) is 6.61. The molecule has 6 nitrogen and oxygen atoms in total. The van der Waals surface area contributed by atoms with Crippen LogP contribution < -0.4 is 0 Å². The zero-order chi connectivity index (χ0) is 15.6. The SMILES string of the molecule is CC1CCCN(S(=O)(=O)c2ccccc2C#N)C1C(=O)O. The minimum atomic E-state index is -4.00. The predicted octanol–water partition coefficient (Wildman–Crippen LogP) is 1.43. The zero-order valence-electron chi connectivity index (χ0n) is 11.6. The standard InChI is InChI=1S/C14H16N2O4S/c1-10-5-4-8-16(13(10)14(17)18)21(19,20)12-7-3-2-6-11(12)9-15/h2-3,6-7,10,13H,4-5,8H2,1H3,(H,17,18). The minimum Gasteiger partial charge on any atom is -0.480 e. The predicted molar refractivity (Wildman–Crippen MR) is 74.9 cm³/mol. The van der Waals surface area contributed by atoms with E-state index < -0.39 is 22.0 Å². The number of piperidine rings is 1. The van der Waals surface area contributed by atoms with Crippen molar-refractivity contribution in [2.45, 2.75) is 30.7 Å². The number of aliphatic carboxylic acids is 1. The highest BCUT2D eigenvalue weighted by molar-refractivity contribution is 7.89. The van der Waals surface area contributed by atoms with Gasteiger partial charge in [-0.3, -0.25) is 4.79 Å². The van der Waals surface area contributed by atoms with Gasteiger partial charge in [0.25, 0.3) is 0 Å². The molecule has 1 heterocycles. The molecule has 2 atom stereocenters. The highest BCUT2D eigenvalue weighted by Crippen LogP contribution is 2.30. The van der Waals surface area contributed by atoms with Crippen LogP contribution in [0.5, 0.6) is 0 Å². The smallest absolute Gasteiger partial charge is 0.322 e. The van der Waals surface area contributed by atoms with Gasteiger partial charge < -0.3 is 5.11 Å². The number of sulfonamides is 1. The first-order valence-corrected chi connectivity index (χ1v) is 8.07. The quantitative estimate of drug-likeness (QED) is 0.910. The maximum Gasteiger partial charge on any atom is 0.322 e. The Hall–Kier alpha value is -1.91. The summed E-state index contributed by atoms with van der Waals surface area (Å²) >= 11 is 0. The molecular formula is C14H16N2O4S. The average molecular weight is 308 g/mol. The number of nitrogens with zero attached hydrogens (tertiary/aromatic N) is 2. The largest absolute Gasteiger partial charge is 0.480 e. The maximum atomic E-state index is 12.7. The Morgan fingerprint density at radius 1 is 1.43 bits per heavy atom. The maximum absolute atomic E-state index is 12.7. The Balaban J connectivity index is 2.52. The van der Waals surface area contributed by atoms with E-state index in [1.54, 1.807) is 13.0 Å².